The number of amides is 1. The summed E-state index contributed by atoms with van der Waals surface area (Å²) < 4.78 is 11.8. The van der Waals surface area contributed by atoms with Crippen molar-refractivity contribution in [3.8, 4) is 11.5 Å². The minimum atomic E-state index is -0.141. The van der Waals surface area contributed by atoms with Gasteiger partial charge in [-0.25, -0.2) is 0 Å². The van der Waals surface area contributed by atoms with Gasteiger partial charge < -0.3 is 14.8 Å². The number of aryl methyl sites for hydroxylation is 1. The number of halogens is 1. The van der Waals surface area contributed by atoms with Gasteiger partial charge in [-0.1, -0.05) is 35.0 Å². The van der Waals surface area contributed by atoms with Crippen molar-refractivity contribution in [2.45, 2.75) is 26.3 Å². The number of hydrogen-bond donors (Lipinski definition) is 1. The highest BCUT2D eigenvalue weighted by molar-refractivity contribution is 9.10. The van der Waals surface area contributed by atoms with E-state index in [1.807, 2.05) is 56.3 Å². The van der Waals surface area contributed by atoms with E-state index in [-0.39, 0.29) is 18.6 Å². The molecule has 1 atom stereocenters. The topological polar surface area (TPSA) is 47.6 Å². The number of benzene rings is 2. The Hall–Kier alpha value is -2.01. The molecule has 0 radical (unpaired) electrons. The summed E-state index contributed by atoms with van der Waals surface area (Å²) >= 11 is 3.37. The van der Waals surface area contributed by atoms with Gasteiger partial charge >= 0.3 is 0 Å². The van der Waals surface area contributed by atoms with Crippen molar-refractivity contribution in [2.75, 3.05) is 13.7 Å². The molecule has 0 aliphatic carbocycles. The second kappa shape index (κ2) is 8.73. The van der Waals surface area contributed by atoms with E-state index in [0.29, 0.717) is 5.75 Å². The molecule has 0 saturated heterocycles. The summed E-state index contributed by atoms with van der Waals surface area (Å²) in [7, 11) is 1.65. The predicted octanol–water partition coefficient (Wildman–Crippen LogP) is 4.41. The molecule has 1 amide bonds. The molecule has 2 aromatic carbocycles. The van der Waals surface area contributed by atoms with Gasteiger partial charge in [0.05, 0.1) is 13.2 Å². The molecule has 2 aromatic rings. The Balaban J connectivity index is 1.95. The highest BCUT2D eigenvalue weighted by atomic mass is 79.9. The number of carbonyl (C=O) groups excluding carboxylic acids is 1. The minimum Gasteiger partial charge on any atom is -0.496 e. The second-order valence-electron chi connectivity index (χ2n) is 5.50. The third-order valence-electron chi connectivity index (χ3n) is 3.75. The van der Waals surface area contributed by atoms with E-state index >= 15 is 0 Å². The SMILES string of the molecule is CC[C@@H](NC(=O)COc1ccc(Br)cc1)c1ccc(OC)c(C)c1. The van der Waals surface area contributed by atoms with Crippen LogP contribution < -0.4 is 14.8 Å². The van der Waals surface area contributed by atoms with Gasteiger partial charge in [-0.3, -0.25) is 4.79 Å². The molecule has 0 spiro atoms. The van der Waals surface area contributed by atoms with Gasteiger partial charge in [0.2, 0.25) is 0 Å². The number of hydrogen-bond acceptors (Lipinski definition) is 3. The summed E-state index contributed by atoms with van der Waals surface area (Å²) in [5.74, 6) is 1.37. The summed E-state index contributed by atoms with van der Waals surface area (Å²) in [5, 5.41) is 3.02. The standard InChI is InChI=1S/C19H22BrNO3/c1-4-17(14-5-10-18(23-3)13(2)11-14)21-19(22)12-24-16-8-6-15(20)7-9-16/h5-11,17H,4,12H2,1-3H3,(H,21,22)/t17-/m1/s1. The predicted molar refractivity (Wildman–Crippen MR) is 98.5 cm³/mol. The van der Waals surface area contributed by atoms with Crippen molar-refractivity contribution >= 4 is 21.8 Å². The van der Waals surface area contributed by atoms with E-state index in [0.717, 1.165) is 27.8 Å². The molecule has 128 valence electrons. The zero-order valence-electron chi connectivity index (χ0n) is 14.1. The van der Waals surface area contributed by atoms with E-state index in [1.165, 1.54) is 0 Å². The van der Waals surface area contributed by atoms with Crippen molar-refractivity contribution in [1.29, 1.82) is 0 Å². The minimum absolute atomic E-state index is 0.00668. The molecule has 0 aliphatic heterocycles. The van der Waals surface area contributed by atoms with Crippen LogP contribution in [0.1, 0.15) is 30.5 Å². The molecule has 0 saturated carbocycles. The quantitative estimate of drug-likeness (QED) is 0.759. The maximum absolute atomic E-state index is 12.2. The van der Waals surface area contributed by atoms with Crippen LogP contribution in [0.4, 0.5) is 0 Å². The van der Waals surface area contributed by atoms with E-state index in [4.69, 9.17) is 9.47 Å². The first-order valence-electron chi connectivity index (χ1n) is 7.85. The highest BCUT2D eigenvalue weighted by Gasteiger charge is 2.14. The molecule has 0 aliphatic rings. The molecular formula is C19H22BrNO3. The van der Waals surface area contributed by atoms with Crippen molar-refractivity contribution in [2.24, 2.45) is 0 Å². The smallest absolute Gasteiger partial charge is 0.258 e. The third-order valence-corrected chi connectivity index (χ3v) is 4.28. The molecular weight excluding hydrogens is 370 g/mol. The van der Waals surface area contributed by atoms with Crippen LogP contribution in [-0.4, -0.2) is 19.6 Å². The highest BCUT2D eigenvalue weighted by Crippen LogP contribution is 2.24. The van der Waals surface area contributed by atoms with Crippen LogP contribution in [0, 0.1) is 6.92 Å². The molecule has 24 heavy (non-hydrogen) atoms. The first-order chi connectivity index (χ1) is 11.5. The van der Waals surface area contributed by atoms with Gasteiger partial charge in [0.25, 0.3) is 5.91 Å². The lowest BCUT2D eigenvalue weighted by Crippen LogP contribution is -2.32. The van der Waals surface area contributed by atoms with Crippen LogP contribution in [0.15, 0.2) is 46.9 Å². The summed E-state index contributed by atoms with van der Waals surface area (Å²) in [6.45, 7) is 4.03. The third kappa shape index (κ3) is 4.99. The average Bonchev–Trinajstić information content (AvgIpc) is 2.59. The Kier molecular flexibility index (Phi) is 6.67. The number of nitrogens with one attached hydrogen (secondary N) is 1. The summed E-state index contributed by atoms with van der Waals surface area (Å²) in [5.41, 5.74) is 2.11. The Morgan fingerprint density at radius 2 is 1.92 bits per heavy atom. The number of ether oxygens (including phenoxy) is 2. The van der Waals surface area contributed by atoms with Crippen LogP contribution in [0.3, 0.4) is 0 Å². The monoisotopic (exact) mass is 391 g/mol. The van der Waals surface area contributed by atoms with Gasteiger partial charge in [0.15, 0.2) is 6.61 Å². The lowest BCUT2D eigenvalue weighted by Gasteiger charge is -2.19. The molecule has 0 fully saturated rings. The summed E-state index contributed by atoms with van der Waals surface area (Å²) in [4.78, 5) is 12.2. The zero-order valence-corrected chi connectivity index (χ0v) is 15.7. The van der Waals surface area contributed by atoms with Gasteiger partial charge in [0.1, 0.15) is 11.5 Å². The Labute approximate surface area is 151 Å². The second-order valence-corrected chi connectivity index (χ2v) is 6.42. The molecule has 0 aromatic heterocycles. The Morgan fingerprint density at radius 1 is 1.21 bits per heavy atom. The number of rotatable bonds is 7. The number of carbonyl (C=O) groups is 1. The molecule has 1 N–H and O–H groups in total. The van der Waals surface area contributed by atoms with Crippen LogP contribution in [0.2, 0.25) is 0 Å². The van der Waals surface area contributed by atoms with Crippen molar-refractivity contribution < 1.29 is 14.3 Å². The maximum atomic E-state index is 12.2. The Bertz CT molecular complexity index is 686. The molecule has 0 unspecified atom stereocenters. The Morgan fingerprint density at radius 3 is 2.50 bits per heavy atom. The van der Waals surface area contributed by atoms with E-state index in [1.54, 1.807) is 7.11 Å². The first kappa shape index (κ1) is 18.3. The largest absolute Gasteiger partial charge is 0.496 e. The van der Waals surface area contributed by atoms with E-state index in [2.05, 4.69) is 21.2 Å². The van der Waals surface area contributed by atoms with Crippen LogP contribution in [0.5, 0.6) is 11.5 Å². The fraction of sp³-hybridized carbons (Fsp3) is 0.316. The molecule has 0 heterocycles. The maximum Gasteiger partial charge on any atom is 0.258 e. The molecule has 4 nitrogen and oxygen atoms in total. The summed E-state index contributed by atoms with van der Waals surface area (Å²) in [6.07, 6.45) is 0.801. The fourth-order valence-corrected chi connectivity index (χ4v) is 2.72. The lowest BCUT2D eigenvalue weighted by atomic mass is 10.0. The van der Waals surface area contributed by atoms with Crippen LogP contribution in [0.25, 0.3) is 0 Å². The van der Waals surface area contributed by atoms with Crippen LogP contribution in [-0.2, 0) is 4.79 Å². The van der Waals surface area contributed by atoms with Crippen molar-refractivity contribution in [1.82, 2.24) is 5.32 Å². The lowest BCUT2D eigenvalue weighted by molar-refractivity contribution is -0.123. The number of methoxy groups -OCH3 is 1. The van der Waals surface area contributed by atoms with Crippen LogP contribution >= 0.6 is 15.9 Å². The average molecular weight is 392 g/mol. The van der Waals surface area contributed by atoms with E-state index < -0.39 is 0 Å². The first-order valence-corrected chi connectivity index (χ1v) is 8.65. The van der Waals surface area contributed by atoms with Gasteiger partial charge in [-0.15, -0.1) is 0 Å². The van der Waals surface area contributed by atoms with Gasteiger partial charge in [-0.2, -0.15) is 0 Å². The zero-order chi connectivity index (χ0) is 17.5. The van der Waals surface area contributed by atoms with Gasteiger partial charge in [-0.05, 0) is 54.8 Å². The molecule has 2 rings (SSSR count). The van der Waals surface area contributed by atoms with Crippen molar-refractivity contribution in [3.63, 3.8) is 0 Å². The normalized spacial score (nSPS) is 11.7. The summed E-state index contributed by atoms with van der Waals surface area (Å²) in [6, 6.07) is 13.3. The molecule has 0 bridgehead atoms. The van der Waals surface area contributed by atoms with E-state index in [9.17, 15) is 4.79 Å². The fourth-order valence-electron chi connectivity index (χ4n) is 2.46. The van der Waals surface area contributed by atoms with Gasteiger partial charge in [0, 0.05) is 4.47 Å². The van der Waals surface area contributed by atoms with Crippen molar-refractivity contribution in [3.05, 3.63) is 58.1 Å². The molecule has 5 heteroatoms.